The topological polar surface area (TPSA) is 63.6 Å². The highest BCUT2D eigenvalue weighted by Gasteiger charge is 2.72. The number of aliphatic hydroxyl groups is 1. The van der Waals surface area contributed by atoms with E-state index in [1.807, 2.05) is 0 Å². The summed E-state index contributed by atoms with van der Waals surface area (Å²) in [5.74, 6) is 2.02. The van der Waals surface area contributed by atoms with Crippen LogP contribution in [0.4, 0.5) is 0 Å². The van der Waals surface area contributed by atoms with Crippen LogP contribution in [-0.4, -0.2) is 30.1 Å². The number of ketones is 1. The monoisotopic (exact) mass is 484 g/mol. The van der Waals surface area contributed by atoms with Gasteiger partial charge in [0.05, 0.1) is 12.5 Å². The van der Waals surface area contributed by atoms with E-state index in [9.17, 15) is 14.7 Å². The highest BCUT2D eigenvalue weighted by atomic mass is 16.5. The fourth-order valence-electron chi connectivity index (χ4n) is 11.6. The minimum absolute atomic E-state index is 0.00450. The molecule has 1 N–H and O–H groups in total. The molecule has 5 rings (SSSR count). The van der Waals surface area contributed by atoms with Crippen molar-refractivity contribution in [2.24, 2.45) is 56.7 Å². The summed E-state index contributed by atoms with van der Waals surface area (Å²) in [6, 6.07) is 0. The molecule has 0 spiro atoms. The first-order valence-corrected chi connectivity index (χ1v) is 14.2. The van der Waals surface area contributed by atoms with Crippen molar-refractivity contribution in [2.45, 2.75) is 105 Å². The van der Waals surface area contributed by atoms with Gasteiger partial charge in [-0.15, -0.1) is 0 Å². The first-order chi connectivity index (χ1) is 16.2. The van der Waals surface area contributed by atoms with Crippen molar-refractivity contribution in [2.75, 3.05) is 7.11 Å². The highest BCUT2D eigenvalue weighted by Crippen LogP contribution is 2.77. The molecule has 5 aliphatic rings. The van der Waals surface area contributed by atoms with E-state index >= 15 is 0 Å². The second-order valence-corrected chi connectivity index (χ2v) is 14.7. The third-order valence-electron chi connectivity index (χ3n) is 13.4. The number of Topliss-reactive ketones (excluding diaryl/α,β-unsaturated/α-hetero) is 1. The molecule has 0 aromatic rings. The van der Waals surface area contributed by atoms with Crippen LogP contribution in [0.15, 0.2) is 12.2 Å². The Kier molecular flexibility index (Phi) is 5.59. The molecule has 0 radical (unpaired) electrons. The van der Waals surface area contributed by atoms with Crippen LogP contribution >= 0.6 is 0 Å². The van der Waals surface area contributed by atoms with Crippen LogP contribution in [0.3, 0.4) is 0 Å². The van der Waals surface area contributed by atoms with Gasteiger partial charge in [-0.3, -0.25) is 9.59 Å². The third-order valence-corrected chi connectivity index (χ3v) is 13.4. The quantitative estimate of drug-likeness (QED) is 0.366. The molecule has 0 aromatic carbocycles. The summed E-state index contributed by atoms with van der Waals surface area (Å²) in [7, 11) is 1.56. The smallest absolute Gasteiger partial charge is 0.312 e. The van der Waals surface area contributed by atoms with Crippen LogP contribution < -0.4 is 0 Å². The Labute approximate surface area is 212 Å². The molecule has 0 aliphatic heterocycles. The SMILES string of the molecule is C=C(C)C1CCC2(C(=O)OC)CCC3(C)C(CCC4C5(C)CC(=O)C(O)C(C)(C)C5CCC43C)C12. The molecule has 4 nitrogen and oxygen atoms in total. The number of hydrogen-bond donors (Lipinski definition) is 1. The van der Waals surface area contributed by atoms with Gasteiger partial charge in [0.25, 0.3) is 0 Å². The molecule has 5 saturated carbocycles. The molecule has 0 amide bonds. The molecule has 5 fully saturated rings. The summed E-state index contributed by atoms with van der Waals surface area (Å²) in [5.41, 5.74) is 0.631. The zero-order valence-electron chi connectivity index (χ0n) is 23.2. The Morgan fingerprint density at radius 3 is 2.26 bits per heavy atom. The number of aliphatic hydroxyl groups excluding tert-OH is 1. The number of allylic oxidation sites excluding steroid dienone is 1. The lowest BCUT2D eigenvalue weighted by atomic mass is 9.32. The van der Waals surface area contributed by atoms with Crippen LogP contribution in [0.1, 0.15) is 99.3 Å². The van der Waals surface area contributed by atoms with Crippen LogP contribution in [0, 0.1) is 56.7 Å². The Hall–Kier alpha value is -1.16. The van der Waals surface area contributed by atoms with Gasteiger partial charge in [-0.05, 0) is 104 Å². The van der Waals surface area contributed by atoms with Crippen molar-refractivity contribution in [3.05, 3.63) is 12.2 Å². The number of ether oxygens (including phenoxy) is 1. The normalized spacial score (nSPS) is 52.5. The predicted molar refractivity (Wildman–Crippen MR) is 137 cm³/mol. The molecule has 10 unspecified atom stereocenters. The molecular formula is C31H48O4. The fourth-order valence-corrected chi connectivity index (χ4v) is 11.6. The van der Waals surface area contributed by atoms with E-state index < -0.39 is 6.10 Å². The van der Waals surface area contributed by atoms with Gasteiger partial charge in [-0.25, -0.2) is 0 Å². The average molecular weight is 485 g/mol. The lowest BCUT2D eigenvalue weighted by Crippen LogP contribution is -2.68. The largest absolute Gasteiger partial charge is 0.469 e. The number of hydrogen-bond acceptors (Lipinski definition) is 4. The number of rotatable bonds is 2. The third kappa shape index (κ3) is 2.95. The minimum Gasteiger partial charge on any atom is -0.469 e. The maximum Gasteiger partial charge on any atom is 0.312 e. The van der Waals surface area contributed by atoms with Gasteiger partial charge in [-0.2, -0.15) is 0 Å². The molecule has 0 heterocycles. The average Bonchev–Trinajstić information content (AvgIpc) is 3.18. The van der Waals surface area contributed by atoms with Crippen molar-refractivity contribution in [1.29, 1.82) is 0 Å². The zero-order valence-corrected chi connectivity index (χ0v) is 23.2. The van der Waals surface area contributed by atoms with Crippen molar-refractivity contribution in [3.63, 3.8) is 0 Å². The van der Waals surface area contributed by atoms with Crippen molar-refractivity contribution in [1.82, 2.24) is 0 Å². The summed E-state index contributed by atoms with van der Waals surface area (Å²) in [4.78, 5) is 26.5. The maximum absolute atomic E-state index is 13.3. The summed E-state index contributed by atoms with van der Waals surface area (Å²) in [6.45, 7) is 18.2. The van der Waals surface area contributed by atoms with E-state index in [1.165, 1.54) is 5.57 Å². The molecule has 4 heteroatoms. The van der Waals surface area contributed by atoms with Gasteiger partial charge in [0.1, 0.15) is 6.10 Å². The van der Waals surface area contributed by atoms with Gasteiger partial charge < -0.3 is 9.84 Å². The number of esters is 1. The molecule has 0 aromatic heterocycles. The Bertz CT molecular complexity index is 952. The Morgan fingerprint density at radius 1 is 0.943 bits per heavy atom. The first-order valence-electron chi connectivity index (χ1n) is 14.2. The number of carbonyl (C=O) groups excluding carboxylic acids is 2. The molecule has 5 aliphatic carbocycles. The first kappa shape index (κ1) is 25.5. The van der Waals surface area contributed by atoms with E-state index in [-0.39, 0.29) is 38.8 Å². The number of methoxy groups -OCH3 is 1. The van der Waals surface area contributed by atoms with E-state index in [2.05, 4.69) is 48.1 Å². The van der Waals surface area contributed by atoms with Crippen molar-refractivity contribution < 1.29 is 19.4 Å². The van der Waals surface area contributed by atoms with Gasteiger partial charge in [0.2, 0.25) is 0 Å². The van der Waals surface area contributed by atoms with Crippen LogP contribution in [0.5, 0.6) is 0 Å². The standard InChI is InChI=1S/C31H48O4/c1-18(2)19-11-14-31(26(34)35-8)16-15-29(6)20(24(19)31)9-10-23-28(5)17-21(32)25(33)27(3,4)22(28)12-13-30(23,29)7/h19-20,22-25,33H,1,9-17H2,2-8H3. The van der Waals surface area contributed by atoms with E-state index in [0.717, 1.165) is 51.4 Å². The van der Waals surface area contributed by atoms with E-state index in [0.29, 0.717) is 36.0 Å². The summed E-state index contributed by atoms with van der Waals surface area (Å²) < 4.78 is 5.47. The number of carbonyl (C=O) groups is 2. The lowest BCUT2D eigenvalue weighted by Gasteiger charge is -2.72. The lowest BCUT2D eigenvalue weighted by molar-refractivity contribution is -0.243. The Morgan fingerprint density at radius 2 is 1.63 bits per heavy atom. The molecule has 0 bridgehead atoms. The highest BCUT2D eigenvalue weighted by molar-refractivity contribution is 5.85. The molecule has 35 heavy (non-hydrogen) atoms. The number of fused-ring (bicyclic) bond motifs is 7. The molecule has 10 atom stereocenters. The second-order valence-electron chi connectivity index (χ2n) is 14.7. The van der Waals surface area contributed by atoms with Crippen LogP contribution in [0.25, 0.3) is 0 Å². The molecule has 196 valence electrons. The van der Waals surface area contributed by atoms with E-state index in [1.54, 1.807) is 7.11 Å². The summed E-state index contributed by atoms with van der Waals surface area (Å²) >= 11 is 0. The van der Waals surface area contributed by atoms with E-state index in [4.69, 9.17) is 4.74 Å². The van der Waals surface area contributed by atoms with Crippen LogP contribution in [-0.2, 0) is 14.3 Å². The Balaban J connectivity index is 1.58. The van der Waals surface area contributed by atoms with Gasteiger partial charge in [-0.1, -0.05) is 46.8 Å². The zero-order chi connectivity index (χ0) is 25.8. The minimum atomic E-state index is -0.845. The summed E-state index contributed by atoms with van der Waals surface area (Å²) in [5, 5.41) is 10.8. The van der Waals surface area contributed by atoms with Gasteiger partial charge in [0, 0.05) is 11.8 Å². The van der Waals surface area contributed by atoms with Crippen molar-refractivity contribution >= 4 is 11.8 Å². The maximum atomic E-state index is 13.3. The van der Waals surface area contributed by atoms with Gasteiger partial charge >= 0.3 is 5.97 Å². The van der Waals surface area contributed by atoms with Crippen LogP contribution in [0.2, 0.25) is 0 Å². The van der Waals surface area contributed by atoms with Crippen molar-refractivity contribution in [3.8, 4) is 0 Å². The predicted octanol–water partition coefficient (Wildman–Crippen LogP) is 6.36. The fraction of sp³-hybridized carbons (Fsp3) is 0.871. The van der Waals surface area contributed by atoms with Gasteiger partial charge in [0.15, 0.2) is 5.78 Å². The molecular weight excluding hydrogens is 436 g/mol. The molecule has 0 saturated heterocycles. The second kappa shape index (κ2) is 7.68. The summed E-state index contributed by atoms with van der Waals surface area (Å²) in [6.07, 6.45) is 8.03.